The van der Waals surface area contributed by atoms with E-state index in [0.717, 1.165) is 0 Å². The zero-order valence-electron chi connectivity index (χ0n) is 3.60. The molecule has 0 aliphatic heterocycles. The summed E-state index contributed by atoms with van der Waals surface area (Å²) in [5.74, 6) is 0. The smallest absolute Gasteiger partial charge is 0.262 e. The third-order valence-corrected chi connectivity index (χ3v) is 0. The Bertz CT molecular complexity index is 35.4. The molecule has 1 nitrogen and oxygen atoms in total. The Kier molecular flexibility index (Phi) is 99.2. The van der Waals surface area contributed by atoms with Crippen LogP contribution in [0.3, 0.4) is 0 Å². The van der Waals surface area contributed by atoms with E-state index in [2.05, 4.69) is 23.2 Å². The summed E-state index contributed by atoms with van der Waals surface area (Å²) in [5.41, 5.74) is 0. The average Bonchev–Trinajstić information content (AvgIpc) is 0.811. The first-order valence-corrected chi connectivity index (χ1v) is 1.34. The highest BCUT2D eigenvalue weighted by atomic mass is 35.5. The van der Waals surface area contributed by atoms with Crippen LogP contribution in [0.4, 0.5) is 4.79 Å². The summed E-state index contributed by atoms with van der Waals surface area (Å²) in [7, 11) is 0. The van der Waals surface area contributed by atoms with Gasteiger partial charge in [-0.05, 0) is 23.2 Å². The zero-order chi connectivity index (χ0) is 3.58. The average molecular weight is 242 g/mol. The Morgan fingerprint density at radius 1 is 1.00 bits per heavy atom. The highest BCUT2D eigenvalue weighted by Gasteiger charge is 1.72. The van der Waals surface area contributed by atoms with Gasteiger partial charge in [0, 0.05) is 0 Å². The van der Waals surface area contributed by atoms with Crippen LogP contribution in [0.25, 0.3) is 0 Å². The second-order valence-electron chi connectivity index (χ2n) is 0.226. The fourth-order valence-electron chi connectivity index (χ4n) is 0. The summed E-state index contributed by atoms with van der Waals surface area (Å²) in [6, 6.07) is 0. The zero-order valence-corrected chi connectivity index (χ0v) is 8.97. The molecule has 0 saturated heterocycles. The molecule has 0 radical (unpaired) electrons. The molecule has 0 fully saturated rings. The summed E-state index contributed by atoms with van der Waals surface area (Å²) in [4.78, 5) is 8.98. The molecule has 0 amide bonds. The molecule has 0 aromatic heterocycles. The number of carbonyl (C=O) groups is 1. The van der Waals surface area contributed by atoms with E-state index in [1.165, 1.54) is 0 Å². The van der Waals surface area contributed by atoms with Crippen molar-refractivity contribution in [2.24, 2.45) is 0 Å². The van der Waals surface area contributed by atoms with E-state index in [1.807, 2.05) is 0 Å². The second-order valence-corrected chi connectivity index (χ2v) is 1.11. The molecule has 0 aliphatic carbocycles. The largest absolute Gasteiger partial charge is 0.313 e. The van der Waals surface area contributed by atoms with Crippen molar-refractivity contribution in [3.8, 4) is 0 Å². The van der Waals surface area contributed by atoms with Crippen molar-refractivity contribution in [1.82, 2.24) is 0 Å². The number of carbonyl (C=O) groups excluding carboxylic acids is 1. The molecule has 0 saturated carbocycles. The standard InChI is InChI=1S/CCl2O.3ClH.H3P/c2-1(3)4;;;;/h;3*1H;1H3. The van der Waals surface area contributed by atoms with Gasteiger partial charge in [0.1, 0.15) is 0 Å². The van der Waals surface area contributed by atoms with Crippen LogP contribution in [0.15, 0.2) is 0 Å². The third kappa shape index (κ3) is 135. The summed E-state index contributed by atoms with van der Waals surface area (Å²) in [6.45, 7) is 0. The van der Waals surface area contributed by atoms with Crippen LogP contribution in [-0.4, -0.2) is 4.70 Å². The second kappa shape index (κ2) is 23.5. The Labute approximate surface area is 79.7 Å². The van der Waals surface area contributed by atoms with Crippen molar-refractivity contribution in [2.75, 3.05) is 0 Å². The number of rotatable bonds is 0. The Morgan fingerprint density at radius 2 is 1.00 bits per heavy atom. The van der Waals surface area contributed by atoms with Gasteiger partial charge in [0.15, 0.2) is 0 Å². The molecule has 0 N–H and O–H groups in total. The summed E-state index contributed by atoms with van der Waals surface area (Å²) < 4.78 is -0.889. The van der Waals surface area contributed by atoms with Crippen molar-refractivity contribution in [2.45, 2.75) is 0 Å². The van der Waals surface area contributed by atoms with Crippen LogP contribution >= 0.6 is 70.3 Å². The van der Waals surface area contributed by atoms with Gasteiger partial charge in [-0.3, -0.25) is 4.79 Å². The fraction of sp³-hybridized carbons (Fsp3) is 0. The lowest BCUT2D eigenvalue weighted by molar-refractivity contribution is 0.275. The van der Waals surface area contributed by atoms with E-state index >= 15 is 0 Å². The number of hydrogen-bond donors (Lipinski definition) is 0. The van der Waals surface area contributed by atoms with Gasteiger partial charge in [0.25, 0.3) is 0 Å². The molecule has 0 aromatic rings. The highest BCUT2D eigenvalue weighted by Crippen LogP contribution is 1.84. The molecular weight excluding hydrogens is 236 g/mol. The van der Waals surface area contributed by atoms with E-state index in [1.54, 1.807) is 0 Å². The molecule has 0 bridgehead atoms. The SMILES string of the molecule is Cl.Cl.Cl.O=C(Cl)Cl.P. The molecule has 0 aliphatic rings. The lowest BCUT2D eigenvalue weighted by atomic mass is 11.8. The molecule has 0 aromatic carbocycles. The van der Waals surface area contributed by atoms with Gasteiger partial charge in [-0.1, -0.05) is 0 Å². The number of halogens is 5. The van der Waals surface area contributed by atoms with Gasteiger partial charge in [0.05, 0.1) is 0 Å². The Hall–Kier alpha value is 1.55. The van der Waals surface area contributed by atoms with Crippen LogP contribution in [0.1, 0.15) is 0 Å². The maximum absolute atomic E-state index is 8.98. The van der Waals surface area contributed by atoms with Crippen LogP contribution in [0.5, 0.6) is 0 Å². The molecular formula is CH6Cl5OP. The first kappa shape index (κ1) is 33.7. The lowest BCUT2D eigenvalue weighted by Gasteiger charge is -1.48. The van der Waals surface area contributed by atoms with Crippen molar-refractivity contribution in [3.05, 3.63) is 0 Å². The molecule has 7 heteroatoms. The van der Waals surface area contributed by atoms with Crippen LogP contribution < -0.4 is 0 Å². The predicted molar refractivity (Wildman–Crippen MR) is 50.0 cm³/mol. The third-order valence-electron chi connectivity index (χ3n) is 0. The van der Waals surface area contributed by atoms with Gasteiger partial charge in [0.2, 0.25) is 0 Å². The molecule has 0 heterocycles. The van der Waals surface area contributed by atoms with Gasteiger partial charge in [-0.15, -0.1) is 37.2 Å². The highest BCUT2D eigenvalue weighted by molar-refractivity contribution is 6.93. The minimum Gasteiger partial charge on any atom is -0.262 e. The molecule has 8 heavy (non-hydrogen) atoms. The maximum atomic E-state index is 8.98. The minimum atomic E-state index is -0.889. The first-order chi connectivity index (χ1) is 1.73. The van der Waals surface area contributed by atoms with Gasteiger partial charge in [-0.2, -0.15) is 9.90 Å². The van der Waals surface area contributed by atoms with Gasteiger partial charge in [-0.25, -0.2) is 0 Å². The quantitative estimate of drug-likeness (QED) is 0.471. The van der Waals surface area contributed by atoms with Crippen molar-refractivity contribution in [1.29, 1.82) is 0 Å². The lowest BCUT2D eigenvalue weighted by Crippen LogP contribution is -1.46. The minimum absolute atomic E-state index is 0. The molecule has 1 unspecified atom stereocenters. The number of hydrogen-bond acceptors (Lipinski definition) is 1. The van der Waals surface area contributed by atoms with Crippen LogP contribution in [0, 0.1) is 0 Å². The molecule has 0 rings (SSSR count). The van der Waals surface area contributed by atoms with E-state index in [9.17, 15) is 0 Å². The monoisotopic (exact) mass is 240 g/mol. The summed E-state index contributed by atoms with van der Waals surface area (Å²) in [5, 5.41) is 0. The maximum Gasteiger partial charge on any atom is 0.313 e. The molecule has 56 valence electrons. The fourth-order valence-corrected chi connectivity index (χ4v) is 0. The summed E-state index contributed by atoms with van der Waals surface area (Å²) in [6.07, 6.45) is 0. The Balaban J connectivity index is -0.00000000750. The van der Waals surface area contributed by atoms with Crippen LogP contribution in [0.2, 0.25) is 0 Å². The molecule has 1 atom stereocenters. The van der Waals surface area contributed by atoms with Crippen molar-refractivity contribution >= 4 is 75.0 Å². The topological polar surface area (TPSA) is 17.1 Å². The Morgan fingerprint density at radius 3 is 1.00 bits per heavy atom. The van der Waals surface area contributed by atoms with Gasteiger partial charge >= 0.3 is 4.70 Å². The van der Waals surface area contributed by atoms with Gasteiger partial charge < -0.3 is 0 Å². The molecule has 0 spiro atoms. The van der Waals surface area contributed by atoms with Crippen molar-refractivity contribution < 1.29 is 4.79 Å². The van der Waals surface area contributed by atoms with Crippen molar-refractivity contribution in [3.63, 3.8) is 0 Å². The normalized spacial score (nSPS) is 3.25. The predicted octanol–water partition coefficient (Wildman–Crippen LogP) is 2.91. The van der Waals surface area contributed by atoms with E-state index in [4.69, 9.17) is 4.79 Å². The van der Waals surface area contributed by atoms with E-state index in [0.29, 0.717) is 0 Å². The first-order valence-electron chi connectivity index (χ1n) is 0.582. The van der Waals surface area contributed by atoms with Crippen LogP contribution in [-0.2, 0) is 0 Å². The summed E-state index contributed by atoms with van der Waals surface area (Å²) >= 11 is 8.80. The van der Waals surface area contributed by atoms with E-state index < -0.39 is 4.70 Å². The van der Waals surface area contributed by atoms with E-state index in [-0.39, 0.29) is 47.1 Å².